The maximum Gasteiger partial charge on any atom is 0.148 e. The zero-order valence-corrected chi connectivity index (χ0v) is 10.1. The molecule has 0 aliphatic heterocycles. The summed E-state index contributed by atoms with van der Waals surface area (Å²) in [6.45, 7) is 7.04. The monoisotopic (exact) mass is 226 g/mol. The van der Waals surface area contributed by atoms with Gasteiger partial charge in [-0.2, -0.15) is 0 Å². The Morgan fingerprint density at radius 1 is 1.25 bits per heavy atom. The fourth-order valence-corrected chi connectivity index (χ4v) is 1.14. The van der Waals surface area contributed by atoms with Crippen LogP contribution < -0.4 is 11.1 Å². The van der Waals surface area contributed by atoms with Crippen LogP contribution >= 0.6 is 0 Å². The van der Waals surface area contributed by atoms with E-state index in [-0.39, 0.29) is 5.69 Å². The molecule has 1 rings (SSSR count). The highest BCUT2D eigenvalue weighted by atomic mass is 19.1. The summed E-state index contributed by atoms with van der Waals surface area (Å²) in [5.41, 5.74) is 4.61. The van der Waals surface area contributed by atoms with Crippen molar-refractivity contribution in [2.75, 3.05) is 11.1 Å². The average molecular weight is 226 g/mol. The van der Waals surface area contributed by atoms with Crippen LogP contribution in [0.3, 0.4) is 0 Å². The van der Waals surface area contributed by atoms with Crippen molar-refractivity contribution in [1.82, 2.24) is 0 Å². The number of halogens is 1. The highest BCUT2D eigenvalue weighted by molar-refractivity contribution is 5.67. The highest BCUT2D eigenvalue weighted by Gasteiger charge is 2.35. The van der Waals surface area contributed by atoms with Crippen LogP contribution in [0, 0.1) is 5.82 Å². The van der Waals surface area contributed by atoms with E-state index < -0.39 is 17.0 Å². The van der Waals surface area contributed by atoms with E-state index in [1.807, 2.05) is 13.8 Å². The van der Waals surface area contributed by atoms with Crippen LogP contribution in [0.4, 0.5) is 15.8 Å². The number of nitrogens with one attached hydrogen (secondary N) is 1. The number of nitrogens with two attached hydrogens (primary N) is 1. The smallest absolute Gasteiger partial charge is 0.148 e. The van der Waals surface area contributed by atoms with Gasteiger partial charge in [0.15, 0.2) is 0 Å². The van der Waals surface area contributed by atoms with Crippen LogP contribution in [0.2, 0.25) is 0 Å². The zero-order valence-electron chi connectivity index (χ0n) is 10.1. The van der Waals surface area contributed by atoms with Crippen LogP contribution in [-0.4, -0.2) is 16.2 Å². The Balaban J connectivity index is 3.02. The molecule has 90 valence electrons. The van der Waals surface area contributed by atoms with E-state index >= 15 is 0 Å². The standard InChI is InChI=1S/C12H19FN2O/c1-11(2,12(3,4)16)15-9-7-5-6-8(13)10(9)14/h5-7,15-16H,14H2,1-4H3. The molecule has 4 N–H and O–H groups in total. The van der Waals surface area contributed by atoms with Gasteiger partial charge in [0.2, 0.25) is 0 Å². The third-order valence-electron chi connectivity index (χ3n) is 3.03. The lowest BCUT2D eigenvalue weighted by Crippen LogP contribution is -2.51. The van der Waals surface area contributed by atoms with Crippen molar-refractivity contribution in [2.45, 2.75) is 38.8 Å². The largest absolute Gasteiger partial charge is 0.395 e. The van der Waals surface area contributed by atoms with Crippen molar-refractivity contribution in [3.8, 4) is 0 Å². The van der Waals surface area contributed by atoms with Crippen molar-refractivity contribution < 1.29 is 9.50 Å². The number of hydrogen-bond donors (Lipinski definition) is 3. The lowest BCUT2D eigenvalue weighted by molar-refractivity contribution is 0.0241. The topological polar surface area (TPSA) is 58.3 Å². The number of anilines is 2. The molecule has 0 heterocycles. The number of nitrogen functional groups attached to an aromatic ring is 1. The second-order valence-electron chi connectivity index (χ2n) is 5.01. The predicted octanol–water partition coefficient (Wildman–Crippen LogP) is 2.37. The molecule has 0 aromatic heterocycles. The van der Waals surface area contributed by atoms with Gasteiger partial charge in [-0.3, -0.25) is 0 Å². The van der Waals surface area contributed by atoms with Gasteiger partial charge in [-0.1, -0.05) is 6.07 Å². The van der Waals surface area contributed by atoms with Crippen molar-refractivity contribution in [3.63, 3.8) is 0 Å². The molecule has 0 atom stereocenters. The second-order valence-corrected chi connectivity index (χ2v) is 5.01. The first-order valence-electron chi connectivity index (χ1n) is 5.20. The van der Waals surface area contributed by atoms with Gasteiger partial charge >= 0.3 is 0 Å². The maximum atomic E-state index is 13.2. The Bertz CT molecular complexity index is 383. The number of hydrogen-bond acceptors (Lipinski definition) is 3. The molecule has 0 fully saturated rings. The fraction of sp³-hybridized carbons (Fsp3) is 0.500. The summed E-state index contributed by atoms with van der Waals surface area (Å²) in [4.78, 5) is 0. The summed E-state index contributed by atoms with van der Waals surface area (Å²) in [7, 11) is 0. The minimum Gasteiger partial charge on any atom is -0.395 e. The molecule has 0 saturated carbocycles. The van der Waals surface area contributed by atoms with E-state index in [4.69, 9.17) is 5.73 Å². The molecule has 0 spiro atoms. The van der Waals surface area contributed by atoms with Gasteiger partial charge in [0, 0.05) is 0 Å². The van der Waals surface area contributed by atoms with Crippen LogP contribution in [0.25, 0.3) is 0 Å². The molecule has 0 bridgehead atoms. The van der Waals surface area contributed by atoms with Crippen molar-refractivity contribution in [3.05, 3.63) is 24.0 Å². The highest BCUT2D eigenvalue weighted by Crippen LogP contribution is 2.29. The van der Waals surface area contributed by atoms with Crippen LogP contribution in [0.5, 0.6) is 0 Å². The number of rotatable bonds is 3. The third kappa shape index (κ3) is 2.44. The quantitative estimate of drug-likeness (QED) is 0.693. The Kier molecular flexibility index (Phi) is 3.15. The molecule has 0 aliphatic rings. The van der Waals surface area contributed by atoms with Crippen molar-refractivity contribution in [1.29, 1.82) is 0 Å². The first kappa shape index (κ1) is 12.8. The predicted molar refractivity (Wildman–Crippen MR) is 64.8 cm³/mol. The molecule has 3 nitrogen and oxygen atoms in total. The van der Waals surface area contributed by atoms with E-state index in [1.165, 1.54) is 6.07 Å². The summed E-state index contributed by atoms with van der Waals surface area (Å²) < 4.78 is 13.2. The SMILES string of the molecule is CC(C)(O)C(C)(C)Nc1cccc(F)c1N. The molecule has 0 radical (unpaired) electrons. The Morgan fingerprint density at radius 2 is 1.81 bits per heavy atom. The normalized spacial score (nSPS) is 12.6. The van der Waals surface area contributed by atoms with Crippen LogP contribution in [0.15, 0.2) is 18.2 Å². The van der Waals surface area contributed by atoms with E-state index in [9.17, 15) is 9.50 Å². The lowest BCUT2D eigenvalue weighted by atomic mass is 9.85. The summed E-state index contributed by atoms with van der Waals surface area (Å²) in [5.74, 6) is -0.462. The lowest BCUT2D eigenvalue weighted by Gasteiger charge is -2.39. The van der Waals surface area contributed by atoms with Gasteiger partial charge in [0.1, 0.15) is 5.82 Å². The van der Waals surface area contributed by atoms with Crippen LogP contribution in [0.1, 0.15) is 27.7 Å². The van der Waals surface area contributed by atoms with E-state index in [0.717, 1.165) is 0 Å². The van der Waals surface area contributed by atoms with E-state index in [1.54, 1.807) is 26.0 Å². The molecule has 0 saturated heterocycles. The van der Waals surface area contributed by atoms with Gasteiger partial charge in [0.05, 0.1) is 22.5 Å². The first-order chi connectivity index (χ1) is 7.15. The minimum absolute atomic E-state index is 0.0693. The molecule has 0 unspecified atom stereocenters. The van der Waals surface area contributed by atoms with Gasteiger partial charge in [-0.15, -0.1) is 0 Å². The molecule has 1 aromatic carbocycles. The molecule has 0 amide bonds. The number of aliphatic hydroxyl groups is 1. The minimum atomic E-state index is -0.953. The zero-order chi connectivity index (χ0) is 12.6. The van der Waals surface area contributed by atoms with Crippen molar-refractivity contribution >= 4 is 11.4 Å². The van der Waals surface area contributed by atoms with E-state index in [2.05, 4.69) is 5.32 Å². The molecule has 16 heavy (non-hydrogen) atoms. The number of benzene rings is 1. The summed E-state index contributed by atoms with van der Waals surface area (Å²) in [6.07, 6.45) is 0. The van der Waals surface area contributed by atoms with Crippen molar-refractivity contribution in [2.24, 2.45) is 0 Å². The van der Waals surface area contributed by atoms with E-state index in [0.29, 0.717) is 5.69 Å². The fourth-order valence-electron chi connectivity index (χ4n) is 1.14. The molecule has 4 heteroatoms. The Morgan fingerprint density at radius 3 is 2.31 bits per heavy atom. The molecule has 1 aromatic rings. The Labute approximate surface area is 95.5 Å². The summed E-state index contributed by atoms with van der Waals surface area (Å²) in [5, 5.41) is 13.0. The van der Waals surface area contributed by atoms with Crippen LogP contribution in [-0.2, 0) is 0 Å². The average Bonchev–Trinajstić information content (AvgIpc) is 2.11. The first-order valence-corrected chi connectivity index (χ1v) is 5.20. The summed E-state index contributed by atoms with van der Waals surface area (Å²) >= 11 is 0. The Hall–Kier alpha value is -1.29. The molecular weight excluding hydrogens is 207 g/mol. The summed E-state index contributed by atoms with van der Waals surface area (Å²) in [6, 6.07) is 4.57. The van der Waals surface area contributed by atoms with Gasteiger partial charge in [0.25, 0.3) is 0 Å². The van der Waals surface area contributed by atoms with Gasteiger partial charge < -0.3 is 16.2 Å². The second kappa shape index (κ2) is 3.94. The maximum absolute atomic E-state index is 13.2. The van der Waals surface area contributed by atoms with Gasteiger partial charge in [-0.25, -0.2) is 4.39 Å². The number of para-hydroxylation sites is 1. The van der Waals surface area contributed by atoms with Gasteiger partial charge in [-0.05, 0) is 39.8 Å². The third-order valence-corrected chi connectivity index (χ3v) is 3.03. The molecular formula is C12H19FN2O. The molecule has 0 aliphatic carbocycles.